The minimum absolute atomic E-state index is 0.253. The third-order valence-electron chi connectivity index (χ3n) is 2.57. The van der Waals surface area contributed by atoms with Gasteiger partial charge in [0.2, 0.25) is 5.91 Å². The van der Waals surface area contributed by atoms with Crippen molar-refractivity contribution in [2.24, 2.45) is 5.73 Å². The molecule has 2 aromatic rings. The Balaban J connectivity index is 1.99. The predicted octanol–water partition coefficient (Wildman–Crippen LogP) is 0.558. The second-order valence-corrected chi connectivity index (χ2v) is 3.94. The number of hydrogen-bond donors (Lipinski definition) is 3. The Morgan fingerprint density at radius 2 is 2.11 bits per heavy atom. The number of fused-ring (bicyclic) bond motifs is 1. The molecule has 18 heavy (non-hydrogen) atoms. The molecule has 0 spiro atoms. The summed E-state index contributed by atoms with van der Waals surface area (Å²) in [5.41, 5.74) is 6.19. The van der Waals surface area contributed by atoms with Gasteiger partial charge in [0.05, 0.1) is 5.52 Å². The monoisotopic (exact) mass is 246 g/mol. The average molecular weight is 246 g/mol. The maximum absolute atomic E-state index is 11.9. The predicted molar refractivity (Wildman–Crippen MR) is 66.9 cm³/mol. The quantitative estimate of drug-likeness (QED) is 0.672. The maximum atomic E-state index is 11.9. The molecule has 0 aliphatic rings. The Hall–Kier alpha value is -2.37. The molecular weight excluding hydrogens is 232 g/mol. The van der Waals surface area contributed by atoms with E-state index in [2.05, 4.69) is 15.5 Å². The molecule has 2 rings (SSSR count). The fourth-order valence-corrected chi connectivity index (χ4v) is 1.68. The number of nitrogens with zero attached hydrogens (tertiary/aromatic N) is 1. The molecule has 2 amide bonds. The highest BCUT2D eigenvalue weighted by molar-refractivity contribution is 6.04. The Kier molecular flexibility index (Phi) is 3.57. The van der Waals surface area contributed by atoms with Crippen molar-refractivity contribution in [3.05, 3.63) is 30.0 Å². The summed E-state index contributed by atoms with van der Waals surface area (Å²) < 4.78 is 0. The molecule has 0 saturated carbocycles. The minimum atomic E-state index is -0.366. The van der Waals surface area contributed by atoms with E-state index in [1.807, 2.05) is 24.3 Å². The molecule has 0 atom stereocenters. The minimum Gasteiger partial charge on any atom is -0.370 e. The number of H-pyrrole nitrogens is 1. The molecule has 0 bridgehead atoms. The van der Waals surface area contributed by atoms with Crippen LogP contribution >= 0.6 is 0 Å². The van der Waals surface area contributed by atoms with E-state index in [1.54, 1.807) is 0 Å². The molecule has 1 aromatic carbocycles. The summed E-state index contributed by atoms with van der Waals surface area (Å²) in [6, 6.07) is 7.40. The number of carbonyl (C=O) groups excluding carboxylic acids is 2. The number of amides is 2. The van der Waals surface area contributed by atoms with E-state index >= 15 is 0 Å². The van der Waals surface area contributed by atoms with Gasteiger partial charge in [-0.05, 0) is 12.5 Å². The zero-order chi connectivity index (χ0) is 13.0. The molecule has 6 nitrogen and oxygen atoms in total. The van der Waals surface area contributed by atoms with Gasteiger partial charge >= 0.3 is 0 Å². The van der Waals surface area contributed by atoms with Gasteiger partial charge < -0.3 is 11.1 Å². The second kappa shape index (κ2) is 5.31. The van der Waals surface area contributed by atoms with Crippen LogP contribution < -0.4 is 11.1 Å². The first-order chi connectivity index (χ1) is 8.68. The first-order valence-corrected chi connectivity index (χ1v) is 5.68. The first-order valence-electron chi connectivity index (χ1n) is 5.68. The van der Waals surface area contributed by atoms with Gasteiger partial charge in [0.1, 0.15) is 0 Å². The van der Waals surface area contributed by atoms with Crippen molar-refractivity contribution in [3.63, 3.8) is 0 Å². The number of benzene rings is 1. The topological polar surface area (TPSA) is 101 Å². The van der Waals surface area contributed by atoms with Crippen LogP contribution in [-0.4, -0.2) is 28.6 Å². The Labute approximate surface area is 104 Å². The smallest absolute Gasteiger partial charge is 0.272 e. The highest BCUT2D eigenvalue weighted by Gasteiger charge is 2.12. The van der Waals surface area contributed by atoms with Crippen molar-refractivity contribution < 1.29 is 9.59 Å². The molecule has 94 valence electrons. The van der Waals surface area contributed by atoms with Crippen LogP contribution in [0.4, 0.5) is 0 Å². The molecule has 1 heterocycles. The summed E-state index contributed by atoms with van der Waals surface area (Å²) in [5.74, 6) is -0.619. The molecule has 1 aromatic heterocycles. The lowest BCUT2D eigenvalue weighted by atomic mass is 10.2. The van der Waals surface area contributed by atoms with E-state index in [4.69, 9.17) is 5.73 Å². The lowest BCUT2D eigenvalue weighted by Crippen LogP contribution is -2.26. The highest BCUT2D eigenvalue weighted by atomic mass is 16.2. The SMILES string of the molecule is NC(=O)CCCNC(=O)c1n[nH]c2ccccc12. The summed E-state index contributed by atoms with van der Waals surface area (Å²) in [6.07, 6.45) is 0.797. The molecule has 0 fully saturated rings. The molecule has 0 aliphatic heterocycles. The van der Waals surface area contributed by atoms with E-state index in [0.29, 0.717) is 18.7 Å². The van der Waals surface area contributed by atoms with Crippen LogP contribution in [-0.2, 0) is 4.79 Å². The van der Waals surface area contributed by atoms with Crippen LogP contribution in [0.25, 0.3) is 10.9 Å². The molecule has 0 unspecified atom stereocenters. The first kappa shape index (κ1) is 12.1. The number of nitrogens with one attached hydrogen (secondary N) is 2. The van der Waals surface area contributed by atoms with Crippen LogP contribution in [0.15, 0.2) is 24.3 Å². The number of carbonyl (C=O) groups is 2. The van der Waals surface area contributed by atoms with Crippen LogP contribution in [0.3, 0.4) is 0 Å². The van der Waals surface area contributed by atoms with E-state index in [0.717, 1.165) is 10.9 Å². The second-order valence-electron chi connectivity index (χ2n) is 3.94. The van der Waals surface area contributed by atoms with E-state index < -0.39 is 0 Å². The summed E-state index contributed by atoms with van der Waals surface area (Å²) in [4.78, 5) is 22.4. The molecule has 0 aliphatic carbocycles. The molecule has 4 N–H and O–H groups in total. The van der Waals surface area contributed by atoms with Crippen LogP contribution in [0.5, 0.6) is 0 Å². The van der Waals surface area contributed by atoms with Gasteiger partial charge in [0.25, 0.3) is 5.91 Å². The van der Waals surface area contributed by atoms with Crippen molar-refractivity contribution >= 4 is 22.7 Å². The van der Waals surface area contributed by atoms with Crippen molar-refractivity contribution in [1.82, 2.24) is 15.5 Å². The molecular formula is C12H14N4O2. The van der Waals surface area contributed by atoms with E-state index in [-0.39, 0.29) is 18.2 Å². The average Bonchev–Trinajstić information content (AvgIpc) is 2.78. The van der Waals surface area contributed by atoms with Crippen molar-refractivity contribution in [2.75, 3.05) is 6.54 Å². The Bertz CT molecular complexity index is 576. The van der Waals surface area contributed by atoms with E-state index in [9.17, 15) is 9.59 Å². The lowest BCUT2D eigenvalue weighted by molar-refractivity contribution is -0.118. The third-order valence-corrected chi connectivity index (χ3v) is 2.57. The molecule has 6 heteroatoms. The fraction of sp³-hybridized carbons (Fsp3) is 0.250. The highest BCUT2D eigenvalue weighted by Crippen LogP contribution is 2.14. The van der Waals surface area contributed by atoms with Gasteiger partial charge in [-0.2, -0.15) is 5.10 Å². The van der Waals surface area contributed by atoms with Crippen molar-refractivity contribution in [1.29, 1.82) is 0 Å². The summed E-state index contributed by atoms with van der Waals surface area (Å²) >= 11 is 0. The number of rotatable bonds is 5. The van der Waals surface area contributed by atoms with Gasteiger partial charge in [0, 0.05) is 18.4 Å². The molecule has 0 saturated heterocycles. The van der Waals surface area contributed by atoms with Crippen LogP contribution in [0.2, 0.25) is 0 Å². The fourth-order valence-electron chi connectivity index (χ4n) is 1.68. The van der Waals surface area contributed by atoms with Gasteiger partial charge in [-0.3, -0.25) is 14.7 Å². The maximum Gasteiger partial charge on any atom is 0.272 e. The number of aromatic amines is 1. The lowest BCUT2D eigenvalue weighted by Gasteiger charge is -2.01. The van der Waals surface area contributed by atoms with Crippen LogP contribution in [0, 0.1) is 0 Å². The zero-order valence-corrected chi connectivity index (χ0v) is 9.77. The largest absolute Gasteiger partial charge is 0.370 e. The number of primary amides is 1. The Morgan fingerprint density at radius 3 is 2.89 bits per heavy atom. The van der Waals surface area contributed by atoms with Gasteiger partial charge in [-0.15, -0.1) is 0 Å². The summed E-state index contributed by atoms with van der Waals surface area (Å²) in [7, 11) is 0. The number of para-hydroxylation sites is 1. The number of nitrogens with two attached hydrogens (primary N) is 1. The number of aromatic nitrogens is 2. The normalized spacial score (nSPS) is 10.4. The molecule has 0 radical (unpaired) electrons. The standard InChI is InChI=1S/C12H14N4O2/c13-10(17)6-3-7-14-12(18)11-8-4-1-2-5-9(8)15-16-11/h1-2,4-5H,3,6-7H2,(H2,13,17)(H,14,18)(H,15,16). The zero-order valence-electron chi connectivity index (χ0n) is 9.77. The van der Waals surface area contributed by atoms with E-state index in [1.165, 1.54) is 0 Å². The number of hydrogen-bond acceptors (Lipinski definition) is 3. The van der Waals surface area contributed by atoms with Crippen molar-refractivity contribution in [3.8, 4) is 0 Å². The van der Waals surface area contributed by atoms with Gasteiger partial charge in [0.15, 0.2) is 5.69 Å². The summed E-state index contributed by atoms with van der Waals surface area (Å²) in [6.45, 7) is 0.406. The third kappa shape index (κ3) is 2.65. The van der Waals surface area contributed by atoms with Gasteiger partial charge in [-0.1, -0.05) is 18.2 Å². The van der Waals surface area contributed by atoms with Gasteiger partial charge in [-0.25, -0.2) is 0 Å². The summed E-state index contributed by atoms with van der Waals surface area (Å²) in [5, 5.41) is 10.3. The van der Waals surface area contributed by atoms with Crippen molar-refractivity contribution in [2.45, 2.75) is 12.8 Å². The Morgan fingerprint density at radius 1 is 1.33 bits per heavy atom. The van der Waals surface area contributed by atoms with Crippen LogP contribution in [0.1, 0.15) is 23.3 Å².